The first-order chi connectivity index (χ1) is 16.0. The van der Waals surface area contributed by atoms with Crippen molar-refractivity contribution >= 4 is 31.0 Å². The molecule has 0 aliphatic heterocycles. The highest BCUT2D eigenvalue weighted by Crippen LogP contribution is 2.38. The molecular formula is C28H44N2O4Si. The summed E-state index contributed by atoms with van der Waals surface area (Å²) in [7, 11) is 0.0844. The van der Waals surface area contributed by atoms with Gasteiger partial charge in [0.1, 0.15) is 5.60 Å². The van der Waals surface area contributed by atoms with E-state index in [-0.39, 0.29) is 11.6 Å². The predicted molar refractivity (Wildman–Crippen MR) is 148 cm³/mol. The fourth-order valence-electron chi connectivity index (χ4n) is 3.53. The molecule has 194 valence electrons. The Hall–Kier alpha value is -2.35. The Balaban J connectivity index is 2.63. The molecule has 1 amide bonds. The van der Waals surface area contributed by atoms with Crippen LogP contribution in [0.5, 0.6) is 0 Å². The zero-order chi connectivity index (χ0) is 26.8. The number of amides is 1. The van der Waals surface area contributed by atoms with Crippen LogP contribution in [-0.4, -0.2) is 36.2 Å². The molecule has 0 saturated heterocycles. The molecule has 1 heterocycles. The molecule has 0 aliphatic carbocycles. The fourth-order valence-corrected chi connectivity index (χ4v) is 4.47. The van der Waals surface area contributed by atoms with Crippen LogP contribution in [0.25, 0.3) is 10.9 Å². The van der Waals surface area contributed by atoms with E-state index in [4.69, 9.17) is 9.16 Å². The lowest BCUT2D eigenvalue weighted by Crippen LogP contribution is -2.40. The minimum absolute atomic E-state index is 0.118. The number of aliphatic hydroxyl groups is 1. The smallest absolute Gasteiger partial charge is 0.415 e. The monoisotopic (exact) mass is 500 g/mol. The molecule has 35 heavy (non-hydrogen) atoms. The summed E-state index contributed by atoms with van der Waals surface area (Å²) in [5, 5.41) is 12.0. The number of anilines is 1. The van der Waals surface area contributed by atoms with Crippen molar-refractivity contribution in [3.8, 4) is 0 Å². The van der Waals surface area contributed by atoms with Crippen molar-refractivity contribution in [1.29, 1.82) is 0 Å². The molecule has 2 rings (SSSR count). The maximum atomic E-state index is 13.1. The van der Waals surface area contributed by atoms with Crippen molar-refractivity contribution in [3.63, 3.8) is 0 Å². The van der Waals surface area contributed by atoms with Gasteiger partial charge in [0.25, 0.3) is 0 Å². The lowest BCUT2D eigenvalue weighted by atomic mass is 10.0. The van der Waals surface area contributed by atoms with E-state index in [0.29, 0.717) is 17.9 Å². The van der Waals surface area contributed by atoms with E-state index in [0.717, 1.165) is 16.6 Å². The van der Waals surface area contributed by atoms with Crippen LogP contribution < -0.4 is 4.90 Å². The van der Waals surface area contributed by atoms with E-state index < -0.39 is 26.1 Å². The number of allylic oxidation sites excluding steroid dienone is 1. The normalized spacial score (nSPS) is 13.9. The summed E-state index contributed by atoms with van der Waals surface area (Å²) in [6.45, 7) is 23.1. The van der Waals surface area contributed by atoms with Crippen molar-refractivity contribution < 1.29 is 19.1 Å². The number of aromatic nitrogens is 1. The maximum absolute atomic E-state index is 13.1. The number of hydrogen-bond acceptors (Lipinski definition) is 4. The molecule has 0 bridgehead atoms. The van der Waals surface area contributed by atoms with Gasteiger partial charge in [-0.15, -0.1) is 6.58 Å². The Morgan fingerprint density at radius 2 is 1.83 bits per heavy atom. The Bertz CT molecular complexity index is 1090. The largest absolute Gasteiger partial charge is 0.443 e. The molecule has 2 aromatic rings. The second-order valence-corrected chi connectivity index (χ2v) is 16.4. The number of aliphatic hydroxyl groups excluding tert-OH is 1. The van der Waals surface area contributed by atoms with E-state index >= 15 is 0 Å². The van der Waals surface area contributed by atoms with Crippen molar-refractivity contribution in [2.45, 2.75) is 84.9 Å². The third-order valence-electron chi connectivity index (χ3n) is 6.59. The Morgan fingerprint density at radius 3 is 2.34 bits per heavy atom. The van der Waals surface area contributed by atoms with Crippen LogP contribution >= 0.6 is 0 Å². The second-order valence-electron chi connectivity index (χ2n) is 11.6. The SMILES string of the molecule is C=CCN(C(=O)OC(C)(C)C)c1cc2c(cc1C(O)C=CC)cc(CO[Si](C)(C)C(C)(C)C)n2C. The van der Waals surface area contributed by atoms with Crippen LogP contribution in [0.1, 0.15) is 65.8 Å². The van der Waals surface area contributed by atoms with Crippen molar-refractivity contribution in [1.82, 2.24) is 4.57 Å². The van der Waals surface area contributed by atoms with Crippen LogP contribution in [0.15, 0.2) is 43.0 Å². The van der Waals surface area contributed by atoms with Gasteiger partial charge >= 0.3 is 6.09 Å². The summed E-state index contributed by atoms with van der Waals surface area (Å²) in [6, 6.07) is 6.00. The zero-order valence-corrected chi connectivity index (χ0v) is 24.2. The molecule has 0 saturated carbocycles. The maximum Gasteiger partial charge on any atom is 0.415 e. The number of rotatable bonds is 8. The summed E-state index contributed by atoms with van der Waals surface area (Å²) >= 11 is 0. The van der Waals surface area contributed by atoms with Crippen LogP contribution in [0.4, 0.5) is 10.5 Å². The molecule has 0 aliphatic rings. The first-order valence-electron chi connectivity index (χ1n) is 12.2. The Kier molecular flexibility index (Phi) is 8.85. The first-order valence-corrected chi connectivity index (χ1v) is 15.1. The standard InChI is InChI=1S/C28H44N2O4Si/c1-12-14-25(31)22-17-20-16-21(19-33-35(10,11)28(6,7)8)29(9)23(20)18-24(22)30(15-13-2)26(32)34-27(3,4)5/h12-14,16-18,25,31H,2,15,19H2,1,3-11H3. The van der Waals surface area contributed by atoms with Gasteiger partial charge in [-0.05, 0) is 64.0 Å². The summed E-state index contributed by atoms with van der Waals surface area (Å²) in [4.78, 5) is 14.7. The van der Waals surface area contributed by atoms with Crippen molar-refractivity contribution in [3.05, 3.63) is 54.3 Å². The fraction of sp³-hybridized carbons (Fsp3) is 0.536. The zero-order valence-electron chi connectivity index (χ0n) is 23.2. The molecular weight excluding hydrogens is 456 g/mol. The van der Waals surface area contributed by atoms with Crippen LogP contribution in [0, 0.1) is 0 Å². The summed E-state index contributed by atoms with van der Waals surface area (Å²) in [6.07, 6.45) is 3.80. The van der Waals surface area contributed by atoms with Gasteiger partial charge in [0.15, 0.2) is 8.32 Å². The predicted octanol–water partition coefficient (Wildman–Crippen LogP) is 7.24. The topological polar surface area (TPSA) is 63.9 Å². The first kappa shape index (κ1) is 28.9. The molecule has 0 spiro atoms. The third-order valence-corrected chi connectivity index (χ3v) is 11.1. The molecule has 1 N–H and O–H groups in total. The van der Waals surface area contributed by atoms with Gasteiger partial charge in [-0.1, -0.05) is 39.0 Å². The van der Waals surface area contributed by atoms with Gasteiger partial charge in [-0.2, -0.15) is 0 Å². The molecule has 1 atom stereocenters. The number of carbonyl (C=O) groups excluding carboxylic acids is 1. The molecule has 7 heteroatoms. The number of fused-ring (bicyclic) bond motifs is 1. The average molecular weight is 501 g/mol. The van der Waals surface area contributed by atoms with Crippen LogP contribution in [0.2, 0.25) is 18.1 Å². The minimum Gasteiger partial charge on any atom is -0.443 e. The van der Waals surface area contributed by atoms with Crippen LogP contribution in [-0.2, 0) is 22.8 Å². The molecule has 6 nitrogen and oxygen atoms in total. The number of nitrogens with zero attached hydrogens (tertiary/aromatic N) is 2. The summed E-state index contributed by atoms with van der Waals surface area (Å²) < 4.78 is 14.2. The van der Waals surface area contributed by atoms with Gasteiger partial charge in [-0.25, -0.2) is 4.79 Å². The highest BCUT2D eigenvalue weighted by molar-refractivity contribution is 6.74. The van der Waals surface area contributed by atoms with Gasteiger partial charge in [0.05, 0.1) is 23.9 Å². The molecule has 1 unspecified atom stereocenters. The van der Waals surface area contributed by atoms with Gasteiger partial charge in [0.2, 0.25) is 0 Å². The van der Waals surface area contributed by atoms with E-state index in [1.165, 1.54) is 4.90 Å². The summed E-state index contributed by atoms with van der Waals surface area (Å²) in [5.41, 5.74) is 2.56. The van der Waals surface area contributed by atoms with E-state index in [2.05, 4.69) is 51.1 Å². The quantitative estimate of drug-likeness (QED) is 0.306. The van der Waals surface area contributed by atoms with Crippen molar-refractivity contribution in [2.24, 2.45) is 7.05 Å². The van der Waals surface area contributed by atoms with Crippen LogP contribution in [0.3, 0.4) is 0 Å². The highest BCUT2D eigenvalue weighted by atomic mass is 28.4. The number of aryl methyl sites for hydroxylation is 1. The molecule has 0 radical (unpaired) electrons. The Labute approximate surface area is 212 Å². The molecule has 1 aromatic heterocycles. The third kappa shape index (κ3) is 6.87. The van der Waals surface area contributed by atoms with Gasteiger partial charge < -0.3 is 18.8 Å². The second kappa shape index (κ2) is 10.7. The van der Waals surface area contributed by atoms with Gasteiger partial charge in [0, 0.05) is 30.2 Å². The van der Waals surface area contributed by atoms with E-state index in [1.807, 2.05) is 46.9 Å². The van der Waals surface area contributed by atoms with Crippen molar-refractivity contribution in [2.75, 3.05) is 11.4 Å². The average Bonchev–Trinajstić information content (AvgIpc) is 3.02. The molecule has 1 aromatic carbocycles. The van der Waals surface area contributed by atoms with E-state index in [9.17, 15) is 9.90 Å². The highest BCUT2D eigenvalue weighted by Gasteiger charge is 2.37. The number of carbonyl (C=O) groups is 1. The summed E-state index contributed by atoms with van der Waals surface area (Å²) in [5.74, 6) is 0. The van der Waals surface area contributed by atoms with Gasteiger partial charge in [-0.3, -0.25) is 4.90 Å². The lowest BCUT2D eigenvalue weighted by molar-refractivity contribution is 0.0584. The van der Waals surface area contributed by atoms with E-state index in [1.54, 1.807) is 18.2 Å². The number of hydrogen-bond donors (Lipinski definition) is 1. The minimum atomic E-state index is -1.92. The number of benzene rings is 1. The lowest BCUT2D eigenvalue weighted by Gasteiger charge is -2.36. The number of ether oxygens (including phenoxy) is 1. The molecule has 0 fully saturated rings. The Morgan fingerprint density at radius 1 is 1.20 bits per heavy atom.